The molecule has 0 radical (unpaired) electrons. The highest BCUT2D eigenvalue weighted by atomic mass is 79.9. The SMILES string of the molecule is CCC(CC)N(CCO)CC1(CBr)CCCC1. The van der Waals surface area contributed by atoms with Crippen LogP contribution in [0.25, 0.3) is 0 Å². The van der Waals surface area contributed by atoms with E-state index in [2.05, 4.69) is 34.7 Å². The molecular formula is C14H28BrNO. The lowest BCUT2D eigenvalue weighted by Gasteiger charge is -2.38. The minimum atomic E-state index is 0.287. The fourth-order valence-corrected chi connectivity index (χ4v) is 3.95. The van der Waals surface area contributed by atoms with Gasteiger partial charge in [0.25, 0.3) is 0 Å². The van der Waals surface area contributed by atoms with E-state index in [0.29, 0.717) is 11.5 Å². The molecule has 0 aliphatic heterocycles. The third-order valence-electron chi connectivity index (χ3n) is 4.33. The van der Waals surface area contributed by atoms with Crippen molar-refractivity contribution in [3.05, 3.63) is 0 Å². The largest absolute Gasteiger partial charge is 0.395 e. The molecule has 1 aliphatic carbocycles. The molecular weight excluding hydrogens is 278 g/mol. The van der Waals surface area contributed by atoms with Crippen LogP contribution in [0.15, 0.2) is 0 Å². The standard InChI is InChI=1S/C14H28BrNO/c1-3-13(4-2)16(9-10-17)12-14(11-15)7-5-6-8-14/h13,17H,3-12H2,1-2H3. The minimum absolute atomic E-state index is 0.287. The number of alkyl halides is 1. The highest BCUT2D eigenvalue weighted by Crippen LogP contribution is 2.40. The van der Waals surface area contributed by atoms with E-state index < -0.39 is 0 Å². The summed E-state index contributed by atoms with van der Waals surface area (Å²) >= 11 is 3.72. The Bertz CT molecular complexity index is 200. The van der Waals surface area contributed by atoms with Crippen LogP contribution in [0, 0.1) is 5.41 Å². The molecule has 0 aromatic rings. The summed E-state index contributed by atoms with van der Waals surface area (Å²) in [5.41, 5.74) is 0.470. The molecule has 0 atom stereocenters. The number of aliphatic hydroxyl groups excluding tert-OH is 1. The molecule has 1 N–H and O–H groups in total. The molecule has 0 aromatic carbocycles. The predicted octanol–water partition coefficient (Wildman–Crippen LogP) is 3.42. The molecule has 0 heterocycles. The Balaban J connectivity index is 2.63. The highest BCUT2D eigenvalue weighted by Gasteiger charge is 2.35. The fraction of sp³-hybridized carbons (Fsp3) is 1.00. The number of nitrogens with zero attached hydrogens (tertiary/aromatic N) is 1. The molecule has 2 nitrogen and oxygen atoms in total. The molecule has 17 heavy (non-hydrogen) atoms. The van der Waals surface area contributed by atoms with E-state index in [9.17, 15) is 5.11 Å². The number of hydrogen-bond acceptors (Lipinski definition) is 2. The minimum Gasteiger partial charge on any atom is -0.395 e. The van der Waals surface area contributed by atoms with E-state index in [4.69, 9.17) is 0 Å². The van der Waals surface area contributed by atoms with E-state index in [1.165, 1.54) is 38.5 Å². The summed E-state index contributed by atoms with van der Waals surface area (Å²) in [5, 5.41) is 10.4. The van der Waals surface area contributed by atoms with Crippen molar-refractivity contribution in [2.24, 2.45) is 5.41 Å². The normalized spacial score (nSPS) is 19.4. The Labute approximate surface area is 115 Å². The molecule has 1 saturated carbocycles. The zero-order valence-electron chi connectivity index (χ0n) is 11.4. The molecule has 1 rings (SSSR count). The second-order valence-electron chi connectivity index (χ2n) is 5.51. The molecule has 1 aliphatic rings. The number of rotatable bonds is 8. The molecule has 0 saturated heterocycles. The van der Waals surface area contributed by atoms with Gasteiger partial charge >= 0.3 is 0 Å². The summed E-state index contributed by atoms with van der Waals surface area (Å²) < 4.78 is 0. The molecule has 0 spiro atoms. The van der Waals surface area contributed by atoms with Crippen LogP contribution in [0.3, 0.4) is 0 Å². The fourth-order valence-electron chi connectivity index (χ4n) is 3.21. The lowest BCUT2D eigenvalue weighted by molar-refractivity contribution is 0.0951. The zero-order valence-corrected chi connectivity index (χ0v) is 13.0. The van der Waals surface area contributed by atoms with Crippen molar-refractivity contribution in [1.29, 1.82) is 0 Å². The number of halogens is 1. The van der Waals surface area contributed by atoms with E-state index >= 15 is 0 Å². The summed E-state index contributed by atoms with van der Waals surface area (Å²) in [6, 6.07) is 0.638. The van der Waals surface area contributed by atoms with E-state index in [1.54, 1.807) is 0 Å². The maximum atomic E-state index is 9.25. The van der Waals surface area contributed by atoms with Gasteiger partial charge in [-0.25, -0.2) is 0 Å². The van der Waals surface area contributed by atoms with Crippen molar-refractivity contribution >= 4 is 15.9 Å². The first-order valence-corrected chi connectivity index (χ1v) is 8.24. The van der Waals surface area contributed by atoms with Crippen LogP contribution in [-0.2, 0) is 0 Å². The first kappa shape index (κ1) is 15.5. The van der Waals surface area contributed by atoms with Gasteiger partial charge in [-0.15, -0.1) is 0 Å². The zero-order chi connectivity index (χ0) is 12.7. The Morgan fingerprint density at radius 1 is 1.24 bits per heavy atom. The predicted molar refractivity (Wildman–Crippen MR) is 77.7 cm³/mol. The van der Waals surface area contributed by atoms with Crippen molar-refractivity contribution in [2.75, 3.05) is 25.0 Å². The third kappa shape index (κ3) is 4.22. The van der Waals surface area contributed by atoms with Gasteiger partial charge in [-0.3, -0.25) is 4.90 Å². The maximum absolute atomic E-state index is 9.25. The highest BCUT2D eigenvalue weighted by molar-refractivity contribution is 9.09. The Morgan fingerprint density at radius 2 is 1.82 bits per heavy atom. The first-order valence-electron chi connectivity index (χ1n) is 7.12. The Kier molecular flexibility index (Phi) is 7.05. The van der Waals surface area contributed by atoms with Gasteiger partial charge in [-0.2, -0.15) is 0 Å². The average molecular weight is 306 g/mol. The van der Waals surface area contributed by atoms with Crippen molar-refractivity contribution in [3.8, 4) is 0 Å². The summed E-state index contributed by atoms with van der Waals surface area (Å²) in [6.07, 6.45) is 7.83. The molecule has 0 aromatic heterocycles. The average Bonchev–Trinajstić information content (AvgIpc) is 2.80. The van der Waals surface area contributed by atoms with Crippen LogP contribution in [0.2, 0.25) is 0 Å². The van der Waals surface area contributed by atoms with Gasteiger partial charge in [0, 0.05) is 24.5 Å². The summed E-state index contributed by atoms with van der Waals surface area (Å²) in [7, 11) is 0. The second kappa shape index (κ2) is 7.75. The van der Waals surface area contributed by atoms with Crippen molar-refractivity contribution in [3.63, 3.8) is 0 Å². The first-order chi connectivity index (χ1) is 8.21. The van der Waals surface area contributed by atoms with Crippen molar-refractivity contribution < 1.29 is 5.11 Å². The maximum Gasteiger partial charge on any atom is 0.0558 e. The molecule has 0 amide bonds. The van der Waals surface area contributed by atoms with Crippen LogP contribution < -0.4 is 0 Å². The molecule has 102 valence electrons. The van der Waals surface area contributed by atoms with Gasteiger partial charge in [0.15, 0.2) is 0 Å². The van der Waals surface area contributed by atoms with E-state index in [0.717, 1.165) is 18.4 Å². The number of hydrogen-bond donors (Lipinski definition) is 1. The van der Waals surface area contributed by atoms with Crippen LogP contribution in [-0.4, -0.2) is 41.1 Å². The lowest BCUT2D eigenvalue weighted by atomic mass is 9.87. The van der Waals surface area contributed by atoms with Crippen LogP contribution in [0.1, 0.15) is 52.4 Å². The summed E-state index contributed by atoms with van der Waals surface area (Å²) in [4.78, 5) is 2.52. The molecule has 0 bridgehead atoms. The van der Waals surface area contributed by atoms with Crippen LogP contribution in [0.5, 0.6) is 0 Å². The third-order valence-corrected chi connectivity index (χ3v) is 5.52. The van der Waals surface area contributed by atoms with Crippen LogP contribution >= 0.6 is 15.9 Å². The van der Waals surface area contributed by atoms with Gasteiger partial charge < -0.3 is 5.11 Å². The van der Waals surface area contributed by atoms with Gasteiger partial charge in [0.1, 0.15) is 0 Å². The van der Waals surface area contributed by atoms with Gasteiger partial charge in [0.05, 0.1) is 6.61 Å². The van der Waals surface area contributed by atoms with Crippen molar-refractivity contribution in [2.45, 2.75) is 58.4 Å². The van der Waals surface area contributed by atoms with E-state index in [1.807, 2.05) is 0 Å². The van der Waals surface area contributed by atoms with Gasteiger partial charge in [0.2, 0.25) is 0 Å². The number of aliphatic hydroxyl groups is 1. The molecule has 0 unspecified atom stereocenters. The van der Waals surface area contributed by atoms with Gasteiger partial charge in [-0.05, 0) is 31.1 Å². The Morgan fingerprint density at radius 3 is 2.24 bits per heavy atom. The molecule has 3 heteroatoms. The van der Waals surface area contributed by atoms with Gasteiger partial charge in [-0.1, -0.05) is 42.6 Å². The summed E-state index contributed by atoms with van der Waals surface area (Å²) in [5.74, 6) is 0. The van der Waals surface area contributed by atoms with E-state index in [-0.39, 0.29) is 6.61 Å². The quantitative estimate of drug-likeness (QED) is 0.695. The topological polar surface area (TPSA) is 23.5 Å². The smallest absolute Gasteiger partial charge is 0.0558 e. The second-order valence-corrected chi connectivity index (χ2v) is 6.07. The monoisotopic (exact) mass is 305 g/mol. The molecule has 1 fully saturated rings. The van der Waals surface area contributed by atoms with Crippen molar-refractivity contribution in [1.82, 2.24) is 4.90 Å². The Hall–Kier alpha value is 0.400. The van der Waals surface area contributed by atoms with Crippen LogP contribution in [0.4, 0.5) is 0 Å². The summed E-state index contributed by atoms with van der Waals surface area (Å²) in [6.45, 7) is 6.79. The lowest BCUT2D eigenvalue weighted by Crippen LogP contribution is -2.44.